The molecule has 1 unspecified atom stereocenters. The lowest BCUT2D eigenvalue weighted by Gasteiger charge is -2.36. The molecule has 0 radical (unpaired) electrons. The van der Waals surface area contributed by atoms with Crippen molar-refractivity contribution in [3.63, 3.8) is 0 Å². The third kappa shape index (κ3) is 3.51. The zero-order valence-corrected chi connectivity index (χ0v) is 14.5. The van der Waals surface area contributed by atoms with Gasteiger partial charge in [-0.1, -0.05) is 6.58 Å². The van der Waals surface area contributed by atoms with Crippen molar-refractivity contribution in [1.29, 1.82) is 0 Å². The summed E-state index contributed by atoms with van der Waals surface area (Å²) in [7, 11) is 3.61. The van der Waals surface area contributed by atoms with Gasteiger partial charge in [-0.2, -0.15) is 0 Å². The molecule has 0 bridgehead atoms. The second-order valence-corrected chi connectivity index (χ2v) is 6.49. The molecule has 1 atom stereocenters. The molecule has 1 aromatic rings. The van der Waals surface area contributed by atoms with Gasteiger partial charge >= 0.3 is 0 Å². The number of pyridine rings is 1. The number of nitrogens with one attached hydrogen (secondary N) is 1. The van der Waals surface area contributed by atoms with E-state index in [1.807, 2.05) is 20.2 Å². The average Bonchev–Trinajstić information content (AvgIpc) is 3.45. The van der Waals surface area contributed by atoms with Crippen molar-refractivity contribution < 1.29 is 4.74 Å². The van der Waals surface area contributed by atoms with E-state index < -0.39 is 0 Å². The highest BCUT2D eigenvalue weighted by Gasteiger charge is 2.31. The Hall–Kier alpha value is -1.59. The van der Waals surface area contributed by atoms with E-state index in [9.17, 15) is 0 Å². The van der Waals surface area contributed by atoms with Gasteiger partial charge in [0, 0.05) is 57.6 Å². The van der Waals surface area contributed by atoms with Gasteiger partial charge in [0.25, 0.3) is 0 Å². The van der Waals surface area contributed by atoms with Gasteiger partial charge in [-0.05, 0) is 25.8 Å². The fraction of sp³-hybridized carbons (Fsp3) is 0.611. The number of rotatable bonds is 6. The molecule has 1 aliphatic heterocycles. The van der Waals surface area contributed by atoms with Crippen LogP contribution in [0.3, 0.4) is 0 Å². The monoisotopic (exact) mass is 316 g/mol. The summed E-state index contributed by atoms with van der Waals surface area (Å²) in [5.74, 6) is 0. The minimum atomic E-state index is -0.0455. The van der Waals surface area contributed by atoms with Gasteiger partial charge in [0.1, 0.15) is 0 Å². The zero-order valence-electron chi connectivity index (χ0n) is 14.5. The highest BCUT2D eigenvalue weighted by molar-refractivity contribution is 5.67. The normalized spacial score (nSPS) is 20.4. The van der Waals surface area contributed by atoms with Crippen LogP contribution in [0, 0.1) is 0 Å². The molecule has 2 aliphatic rings. The lowest BCUT2D eigenvalue weighted by Crippen LogP contribution is -2.47. The van der Waals surface area contributed by atoms with E-state index >= 15 is 0 Å². The molecule has 3 rings (SSSR count). The molecule has 0 aromatic carbocycles. The maximum Gasteiger partial charge on any atom is 0.0969 e. The number of nitrogens with zero attached hydrogens (tertiary/aromatic N) is 3. The van der Waals surface area contributed by atoms with Crippen LogP contribution >= 0.6 is 0 Å². The van der Waals surface area contributed by atoms with E-state index in [0.29, 0.717) is 0 Å². The van der Waals surface area contributed by atoms with Crippen LogP contribution in [-0.2, 0) is 4.74 Å². The Balaban J connectivity index is 1.78. The molecule has 1 aromatic heterocycles. The Morgan fingerprint density at radius 3 is 2.61 bits per heavy atom. The maximum absolute atomic E-state index is 5.45. The quantitative estimate of drug-likeness (QED) is 0.872. The summed E-state index contributed by atoms with van der Waals surface area (Å²) in [4.78, 5) is 9.73. The van der Waals surface area contributed by atoms with Crippen LogP contribution in [0.15, 0.2) is 18.8 Å². The Kier molecular flexibility index (Phi) is 4.87. The second-order valence-electron chi connectivity index (χ2n) is 6.49. The van der Waals surface area contributed by atoms with Crippen molar-refractivity contribution >= 4 is 11.4 Å². The highest BCUT2D eigenvalue weighted by Crippen LogP contribution is 2.30. The average molecular weight is 316 g/mol. The van der Waals surface area contributed by atoms with Crippen molar-refractivity contribution in [3.8, 4) is 0 Å². The fourth-order valence-corrected chi connectivity index (χ4v) is 3.23. The van der Waals surface area contributed by atoms with Crippen LogP contribution < -0.4 is 10.2 Å². The first kappa shape index (κ1) is 16.3. The Morgan fingerprint density at radius 2 is 2.04 bits per heavy atom. The number of hydrogen-bond acceptors (Lipinski definition) is 5. The largest absolute Gasteiger partial charge is 0.388 e. The summed E-state index contributed by atoms with van der Waals surface area (Å²) in [5, 5.41) is 3.14. The zero-order chi connectivity index (χ0) is 16.4. The van der Waals surface area contributed by atoms with Gasteiger partial charge in [-0.25, -0.2) is 0 Å². The number of piperazine rings is 1. The molecule has 126 valence electrons. The third-order valence-electron chi connectivity index (χ3n) is 5.01. The van der Waals surface area contributed by atoms with Crippen LogP contribution in [0.1, 0.15) is 37.1 Å². The molecule has 5 nitrogen and oxygen atoms in total. The molecule has 0 amide bonds. The van der Waals surface area contributed by atoms with E-state index in [2.05, 4.69) is 32.7 Å². The van der Waals surface area contributed by atoms with E-state index in [4.69, 9.17) is 4.74 Å². The SMILES string of the molecule is C=C(NC)c1cc(N2CCN(C3CC3)CC2)cnc1C(C)OC. The van der Waals surface area contributed by atoms with Crippen molar-refractivity contribution in [2.45, 2.75) is 31.9 Å². The van der Waals surface area contributed by atoms with E-state index in [1.54, 1.807) is 7.11 Å². The number of ether oxygens (including phenoxy) is 1. The van der Waals surface area contributed by atoms with Gasteiger partial charge in [0.2, 0.25) is 0 Å². The Morgan fingerprint density at radius 1 is 1.35 bits per heavy atom. The molecule has 1 saturated carbocycles. The summed E-state index contributed by atoms with van der Waals surface area (Å²) in [6.45, 7) is 10.6. The summed E-state index contributed by atoms with van der Waals surface area (Å²) < 4.78 is 5.45. The molecule has 0 spiro atoms. The van der Waals surface area contributed by atoms with Crippen molar-refractivity contribution in [3.05, 3.63) is 30.1 Å². The van der Waals surface area contributed by atoms with Crippen LogP contribution in [0.4, 0.5) is 5.69 Å². The lowest BCUT2D eigenvalue weighted by molar-refractivity contribution is 0.115. The lowest BCUT2D eigenvalue weighted by atomic mass is 10.1. The topological polar surface area (TPSA) is 40.6 Å². The molecular formula is C18H28N4O. The smallest absolute Gasteiger partial charge is 0.0969 e. The fourth-order valence-electron chi connectivity index (χ4n) is 3.23. The van der Waals surface area contributed by atoms with Crippen molar-refractivity contribution in [1.82, 2.24) is 15.2 Å². The first-order valence-corrected chi connectivity index (χ1v) is 8.52. The van der Waals surface area contributed by atoms with E-state index in [1.165, 1.54) is 18.5 Å². The molecule has 2 fully saturated rings. The van der Waals surface area contributed by atoms with Crippen molar-refractivity contribution in [2.24, 2.45) is 0 Å². The number of anilines is 1. The third-order valence-corrected chi connectivity index (χ3v) is 5.01. The predicted molar refractivity (Wildman–Crippen MR) is 94.6 cm³/mol. The maximum atomic E-state index is 5.45. The molecule has 23 heavy (non-hydrogen) atoms. The minimum absolute atomic E-state index is 0.0455. The summed E-state index contributed by atoms with van der Waals surface area (Å²) in [5.41, 5.74) is 4.05. The Labute approximate surface area is 139 Å². The first-order chi connectivity index (χ1) is 11.1. The van der Waals surface area contributed by atoms with Gasteiger partial charge in [0.15, 0.2) is 0 Å². The summed E-state index contributed by atoms with van der Waals surface area (Å²) in [6.07, 6.45) is 4.70. The molecule has 2 heterocycles. The van der Waals surface area contributed by atoms with E-state index in [-0.39, 0.29) is 6.10 Å². The van der Waals surface area contributed by atoms with Crippen LogP contribution in [0.25, 0.3) is 5.70 Å². The number of aromatic nitrogens is 1. The van der Waals surface area contributed by atoms with Gasteiger partial charge in [-0.3, -0.25) is 9.88 Å². The van der Waals surface area contributed by atoms with Crippen LogP contribution in [0.2, 0.25) is 0 Å². The standard InChI is InChI=1S/C18H28N4O/c1-13(19-3)17-11-16(12-20-18(17)14(2)23-4)22-9-7-21(8-10-22)15-5-6-15/h11-12,14-15,19H,1,5-10H2,2-4H3. The molecule has 1 aliphatic carbocycles. The Bertz CT molecular complexity index is 562. The van der Waals surface area contributed by atoms with Crippen LogP contribution in [-0.4, -0.2) is 56.3 Å². The number of hydrogen-bond donors (Lipinski definition) is 1. The minimum Gasteiger partial charge on any atom is -0.388 e. The molecular weight excluding hydrogens is 288 g/mol. The molecule has 1 saturated heterocycles. The van der Waals surface area contributed by atoms with Gasteiger partial charge in [-0.15, -0.1) is 0 Å². The summed E-state index contributed by atoms with van der Waals surface area (Å²) in [6, 6.07) is 3.06. The summed E-state index contributed by atoms with van der Waals surface area (Å²) >= 11 is 0. The molecule has 5 heteroatoms. The highest BCUT2D eigenvalue weighted by atomic mass is 16.5. The predicted octanol–water partition coefficient (Wildman–Crippen LogP) is 2.26. The number of methoxy groups -OCH3 is 1. The van der Waals surface area contributed by atoms with Gasteiger partial charge < -0.3 is 15.0 Å². The first-order valence-electron chi connectivity index (χ1n) is 8.52. The van der Waals surface area contributed by atoms with Crippen molar-refractivity contribution in [2.75, 3.05) is 45.2 Å². The molecule has 1 N–H and O–H groups in total. The van der Waals surface area contributed by atoms with Gasteiger partial charge in [0.05, 0.1) is 23.7 Å². The van der Waals surface area contributed by atoms with E-state index in [0.717, 1.165) is 49.2 Å². The second kappa shape index (κ2) is 6.89. The van der Waals surface area contributed by atoms with Crippen LogP contribution in [0.5, 0.6) is 0 Å².